The zero-order valence-corrected chi connectivity index (χ0v) is 13.2. The van der Waals surface area contributed by atoms with Crippen LogP contribution in [0, 0.1) is 0 Å². The molecule has 0 bridgehead atoms. The maximum Gasteiger partial charge on any atom is 0.127 e. The Morgan fingerprint density at radius 3 is 2.45 bits per heavy atom. The van der Waals surface area contributed by atoms with Crippen molar-refractivity contribution in [3.05, 3.63) is 23.8 Å². The van der Waals surface area contributed by atoms with E-state index in [9.17, 15) is 0 Å². The Bertz CT molecular complexity index is 434. The molecule has 1 atom stereocenters. The first-order chi connectivity index (χ1) is 9.63. The summed E-state index contributed by atoms with van der Waals surface area (Å²) in [5.41, 5.74) is 1.02. The number of methoxy groups -OCH3 is 2. The van der Waals surface area contributed by atoms with Gasteiger partial charge in [-0.1, -0.05) is 6.07 Å². The van der Waals surface area contributed by atoms with Crippen molar-refractivity contribution in [3.8, 4) is 11.5 Å². The van der Waals surface area contributed by atoms with E-state index in [0.29, 0.717) is 0 Å². The van der Waals surface area contributed by atoms with E-state index in [2.05, 4.69) is 16.8 Å². The van der Waals surface area contributed by atoms with Crippen LogP contribution in [-0.2, 0) is 0 Å². The minimum Gasteiger partial charge on any atom is -0.497 e. The van der Waals surface area contributed by atoms with Crippen LogP contribution < -0.4 is 9.47 Å². The zero-order valence-electron chi connectivity index (χ0n) is 12.4. The lowest BCUT2D eigenvalue weighted by Gasteiger charge is -2.33. The molecule has 1 heterocycles. The van der Waals surface area contributed by atoms with Gasteiger partial charge in [-0.3, -0.25) is 4.90 Å². The summed E-state index contributed by atoms with van der Waals surface area (Å²) in [5, 5.41) is -0.0701. The average molecular weight is 299 g/mol. The molecule has 4 nitrogen and oxygen atoms in total. The average Bonchev–Trinajstić information content (AvgIpc) is 2.48. The van der Waals surface area contributed by atoms with Gasteiger partial charge in [-0.2, -0.15) is 0 Å². The second-order valence-corrected chi connectivity index (χ2v) is 5.71. The minimum absolute atomic E-state index is 0.0701. The maximum atomic E-state index is 6.58. The fourth-order valence-corrected chi connectivity index (χ4v) is 2.81. The zero-order chi connectivity index (χ0) is 14.5. The summed E-state index contributed by atoms with van der Waals surface area (Å²) in [4.78, 5) is 4.75. The van der Waals surface area contributed by atoms with Crippen molar-refractivity contribution in [2.24, 2.45) is 0 Å². The van der Waals surface area contributed by atoms with Crippen LogP contribution in [0.1, 0.15) is 10.9 Å². The Morgan fingerprint density at radius 1 is 1.15 bits per heavy atom. The molecular formula is C15H23ClN2O2. The van der Waals surface area contributed by atoms with Gasteiger partial charge in [-0.15, -0.1) is 11.6 Å². The molecular weight excluding hydrogens is 276 g/mol. The van der Waals surface area contributed by atoms with Crippen LogP contribution in [-0.4, -0.2) is 63.8 Å². The molecule has 1 aliphatic heterocycles. The van der Waals surface area contributed by atoms with Gasteiger partial charge in [0, 0.05) is 44.4 Å². The summed E-state index contributed by atoms with van der Waals surface area (Å²) < 4.78 is 10.6. The number of ether oxygens (including phenoxy) is 2. The highest BCUT2D eigenvalue weighted by molar-refractivity contribution is 6.21. The predicted octanol–water partition coefficient (Wildman–Crippen LogP) is 2.23. The highest BCUT2D eigenvalue weighted by atomic mass is 35.5. The van der Waals surface area contributed by atoms with E-state index in [1.807, 2.05) is 18.2 Å². The molecule has 0 aromatic heterocycles. The number of hydrogen-bond donors (Lipinski definition) is 0. The van der Waals surface area contributed by atoms with Gasteiger partial charge in [0.05, 0.1) is 19.6 Å². The van der Waals surface area contributed by atoms with Crippen molar-refractivity contribution in [1.82, 2.24) is 9.80 Å². The van der Waals surface area contributed by atoms with Crippen molar-refractivity contribution in [2.45, 2.75) is 5.38 Å². The van der Waals surface area contributed by atoms with Gasteiger partial charge in [0.2, 0.25) is 0 Å². The Kier molecular flexibility index (Phi) is 5.52. The molecule has 0 saturated carbocycles. The van der Waals surface area contributed by atoms with Crippen molar-refractivity contribution in [3.63, 3.8) is 0 Å². The SMILES string of the molecule is COc1ccc(C(Cl)CN2CCN(C)CC2)c(OC)c1. The largest absolute Gasteiger partial charge is 0.497 e. The summed E-state index contributed by atoms with van der Waals surface area (Å²) in [6.45, 7) is 5.18. The summed E-state index contributed by atoms with van der Waals surface area (Å²) in [7, 11) is 5.47. The van der Waals surface area contributed by atoms with Crippen LogP contribution >= 0.6 is 11.6 Å². The van der Waals surface area contributed by atoms with E-state index in [4.69, 9.17) is 21.1 Å². The molecule has 2 rings (SSSR count). The standard InChI is InChI=1S/C15H23ClN2O2/c1-17-6-8-18(9-7-17)11-14(16)13-5-4-12(19-2)10-15(13)20-3/h4-5,10,14H,6-9,11H2,1-3H3. The van der Waals surface area contributed by atoms with E-state index >= 15 is 0 Å². The topological polar surface area (TPSA) is 24.9 Å². The number of alkyl halides is 1. The van der Waals surface area contributed by atoms with Crippen molar-refractivity contribution >= 4 is 11.6 Å². The van der Waals surface area contributed by atoms with Crippen LogP contribution in [0.5, 0.6) is 11.5 Å². The molecule has 0 amide bonds. The molecule has 0 N–H and O–H groups in total. The number of piperazine rings is 1. The Hall–Kier alpha value is -0.970. The first kappa shape index (κ1) is 15.4. The van der Waals surface area contributed by atoms with Gasteiger partial charge in [0.25, 0.3) is 0 Å². The molecule has 1 saturated heterocycles. The Labute approximate surface area is 126 Å². The van der Waals surface area contributed by atoms with E-state index in [1.54, 1.807) is 14.2 Å². The van der Waals surface area contributed by atoms with E-state index in [-0.39, 0.29) is 5.38 Å². The summed E-state index contributed by atoms with van der Waals surface area (Å²) in [6, 6.07) is 5.80. The predicted molar refractivity (Wildman–Crippen MR) is 82.1 cm³/mol. The first-order valence-electron chi connectivity index (χ1n) is 6.91. The monoisotopic (exact) mass is 298 g/mol. The van der Waals surface area contributed by atoms with E-state index < -0.39 is 0 Å². The highest BCUT2D eigenvalue weighted by Gasteiger charge is 2.20. The van der Waals surface area contributed by atoms with E-state index in [1.165, 1.54) is 0 Å². The maximum absolute atomic E-state index is 6.58. The molecule has 112 valence electrons. The molecule has 20 heavy (non-hydrogen) atoms. The molecule has 5 heteroatoms. The van der Waals surface area contributed by atoms with Crippen LogP contribution in [0.4, 0.5) is 0 Å². The first-order valence-corrected chi connectivity index (χ1v) is 7.34. The summed E-state index contributed by atoms with van der Waals surface area (Å²) >= 11 is 6.58. The quantitative estimate of drug-likeness (QED) is 0.778. The van der Waals surface area contributed by atoms with Gasteiger partial charge in [0.15, 0.2) is 0 Å². The van der Waals surface area contributed by atoms with E-state index in [0.717, 1.165) is 49.8 Å². The third kappa shape index (κ3) is 3.78. The fraction of sp³-hybridized carbons (Fsp3) is 0.600. The fourth-order valence-electron chi connectivity index (χ4n) is 2.43. The van der Waals surface area contributed by atoms with Gasteiger partial charge < -0.3 is 14.4 Å². The van der Waals surface area contributed by atoms with Crippen LogP contribution in [0.2, 0.25) is 0 Å². The number of nitrogens with zero attached hydrogens (tertiary/aromatic N) is 2. The highest BCUT2D eigenvalue weighted by Crippen LogP contribution is 2.33. The number of hydrogen-bond acceptors (Lipinski definition) is 4. The number of likely N-dealkylation sites (N-methyl/N-ethyl adjacent to an activating group) is 1. The summed E-state index contributed by atoms with van der Waals surface area (Å²) in [6.07, 6.45) is 0. The molecule has 1 fully saturated rings. The molecule has 1 aliphatic rings. The van der Waals surface area contributed by atoms with Gasteiger partial charge >= 0.3 is 0 Å². The smallest absolute Gasteiger partial charge is 0.127 e. The molecule has 1 aromatic carbocycles. The lowest BCUT2D eigenvalue weighted by atomic mass is 10.1. The van der Waals surface area contributed by atoms with Crippen molar-refractivity contribution in [1.29, 1.82) is 0 Å². The number of rotatable bonds is 5. The summed E-state index contributed by atoms with van der Waals surface area (Å²) in [5.74, 6) is 1.58. The Balaban J connectivity index is 2.03. The second-order valence-electron chi connectivity index (χ2n) is 5.18. The molecule has 1 aromatic rings. The molecule has 1 unspecified atom stereocenters. The Morgan fingerprint density at radius 2 is 1.85 bits per heavy atom. The number of halogens is 1. The minimum atomic E-state index is -0.0701. The van der Waals surface area contributed by atoms with Crippen molar-refractivity contribution in [2.75, 3.05) is 54.0 Å². The number of benzene rings is 1. The van der Waals surface area contributed by atoms with Crippen LogP contribution in [0.25, 0.3) is 0 Å². The van der Waals surface area contributed by atoms with Gasteiger partial charge in [-0.05, 0) is 13.1 Å². The molecule has 0 aliphatic carbocycles. The lowest BCUT2D eigenvalue weighted by Crippen LogP contribution is -2.45. The molecule has 0 spiro atoms. The van der Waals surface area contributed by atoms with Gasteiger partial charge in [0.1, 0.15) is 11.5 Å². The third-order valence-corrected chi connectivity index (χ3v) is 4.17. The molecule has 0 radical (unpaired) electrons. The van der Waals surface area contributed by atoms with Gasteiger partial charge in [-0.25, -0.2) is 0 Å². The lowest BCUT2D eigenvalue weighted by molar-refractivity contribution is 0.154. The third-order valence-electron chi connectivity index (χ3n) is 3.79. The van der Waals surface area contributed by atoms with Crippen LogP contribution in [0.3, 0.4) is 0 Å². The van der Waals surface area contributed by atoms with Crippen LogP contribution in [0.15, 0.2) is 18.2 Å². The van der Waals surface area contributed by atoms with Crippen molar-refractivity contribution < 1.29 is 9.47 Å². The normalized spacial score (nSPS) is 18.8. The second kappa shape index (κ2) is 7.16.